The zero-order valence-electron chi connectivity index (χ0n) is 15.9. The van der Waals surface area contributed by atoms with Crippen LogP contribution >= 0.6 is 11.3 Å². The topological polar surface area (TPSA) is 89.2 Å². The quantitative estimate of drug-likeness (QED) is 0.622. The molecule has 1 aromatic carbocycles. The largest absolute Gasteiger partial charge is 0.378 e. The number of rotatable bonds is 4. The second kappa shape index (κ2) is 8.48. The van der Waals surface area contributed by atoms with E-state index < -0.39 is 5.91 Å². The molecule has 1 aliphatic heterocycles. The standard InChI is InChI=1S/C22H20N4O2S/c23-13-16(12-15-4-6-17(7-5-15)26-8-10-28-11-9-26)21(27)25-22-19(14-24)18-2-1-3-20(18)29-22/h4-7,12H,1-3,8-11H2,(H,25,27)/b16-12+. The molecule has 2 aliphatic rings. The summed E-state index contributed by atoms with van der Waals surface area (Å²) in [6.07, 6.45) is 4.45. The van der Waals surface area contributed by atoms with Crippen LogP contribution in [0.5, 0.6) is 0 Å². The fourth-order valence-corrected chi connectivity index (χ4v) is 4.93. The molecule has 7 heteroatoms. The van der Waals surface area contributed by atoms with Gasteiger partial charge in [0.2, 0.25) is 0 Å². The molecule has 1 aromatic heterocycles. The highest BCUT2D eigenvalue weighted by Gasteiger charge is 2.23. The SMILES string of the molecule is N#C/C(=C\c1ccc(N2CCOCC2)cc1)C(=O)Nc1sc2c(c1C#N)CCC2. The summed E-state index contributed by atoms with van der Waals surface area (Å²) in [5.74, 6) is -0.485. The van der Waals surface area contributed by atoms with Crippen molar-refractivity contribution in [3.8, 4) is 12.1 Å². The molecule has 1 aliphatic carbocycles. The number of aryl methyl sites for hydroxylation is 1. The fourth-order valence-electron chi connectivity index (χ4n) is 3.70. The number of thiophene rings is 1. The molecule has 1 N–H and O–H groups in total. The highest BCUT2D eigenvalue weighted by atomic mass is 32.1. The molecular formula is C22H20N4O2S. The van der Waals surface area contributed by atoms with Crippen molar-refractivity contribution in [1.29, 1.82) is 10.5 Å². The Morgan fingerprint density at radius 3 is 2.62 bits per heavy atom. The molecule has 0 radical (unpaired) electrons. The molecule has 0 unspecified atom stereocenters. The Bertz CT molecular complexity index is 1030. The minimum atomic E-state index is -0.485. The molecule has 29 heavy (non-hydrogen) atoms. The van der Waals surface area contributed by atoms with Gasteiger partial charge >= 0.3 is 0 Å². The Morgan fingerprint density at radius 1 is 1.17 bits per heavy atom. The maximum Gasteiger partial charge on any atom is 0.266 e. The van der Waals surface area contributed by atoms with Gasteiger partial charge in [-0.3, -0.25) is 4.79 Å². The number of amides is 1. The lowest BCUT2D eigenvalue weighted by Gasteiger charge is -2.28. The Hall–Kier alpha value is -3.13. The highest BCUT2D eigenvalue weighted by Crippen LogP contribution is 2.38. The number of ether oxygens (including phenoxy) is 1. The molecule has 1 saturated heterocycles. The van der Waals surface area contributed by atoms with E-state index in [0.717, 1.165) is 67.3 Å². The third-order valence-electron chi connectivity index (χ3n) is 5.21. The van der Waals surface area contributed by atoms with Crippen LogP contribution in [0.1, 0.15) is 28.0 Å². The van der Waals surface area contributed by atoms with Crippen LogP contribution in [0.15, 0.2) is 29.8 Å². The average Bonchev–Trinajstić information content (AvgIpc) is 3.33. The zero-order chi connectivity index (χ0) is 20.2. The summed E-state index contributed by atoms with van der Waals surface area (Å²) in [6, 6.07) is 12.0. The van der Waals surface area contributed by atoms with E-state index in [1.165, 1.54) is 11.3 Å². The molecule has 0 bridgehead atoms. The number of nitrogens with one attached hydrogen (secondary N) is 1. The van der Waals surface area contributed by atoms with Gasteiger partial charge in [0.25, 0.3) is 5.91 Å². The number of anilines is 2. The maximum atomic E-state index is 12.6. The summed E-state index contributed by atoms with van der Waals surface area (Å²) in [7, 11) is 0. The molecule has 1 amide bonds. The summed E-state index contributed by atoms with van der Waals surface area (Å²) in [5.41, 5.74) is 3.49. The van der Waals surface area contributed by atoms with E-state index >= 15 is 0 Å². The van der Waals surface area contributed by atoms with E-state index in [4.69, 9.17) is 4.74 Å². The van der Waals surface area contributed by atoms with E-state index in [0.29, 0.717) is 10.6 Å². The van der Waals surface area contributed by atoms with Crippen molar-refractivity contribution in [2.75, 3.05) is 36.5 Å². The smallest absolute Gasteiger partial charge is 0.266 e. The van der Waals surface area contributed by atoms with E-state index in [1.54, 1.807) is 6.08 Å². The van der Waals surface area contributed by atoms with Crippen molar-refractivity contribution in [2.24, 2.45) is 0 Å². The monoisotopic (exact) mass is 404 g/mol. The van der Waals surface area contributed by atoms with Crippen molar-refractivity contribution >= 4 is 34.0 Å². The first kappa shape index (κ1) is 19.2. The normalized spacial score (nSPS) is 16.1. The van der Waals surface area contributed by atoms with Gasteiger partial charge < -0.3 is 15.0 Å². The summed E-state index contributed by atoms with van der Waals surface area (Å²) in [6.45, 7) is 3.15. The van der Waals surface area contributed by atoms with Gasteiger partial charge in [0.1, 0.15) is 22.7 Å². The van der Waals surface area contributed by atoms with Crippen LogP contribution in [0.2, 0.25) is 0 Å². The van der Waals surface area contributed by atoms with Gasteiger partial charge in [0, 0.05) is 23.7 Å². The number of carbonyl (C=O) groups is 1. The summed E-state index contributed by atoms with van der Waals surface area (Å²) >= 11 is 1.45. The lowest BCUT2D eigenvalue weighted by Crippen LogP contribution is -2.36. The summed E-state index contributed by atoms with van der Waals surface area (Å²) in [4.78, 5) is 16.0. The van der Waals surface area contributed by atoms with Crippen LogP contribution in [0.25, 0.3) is 6.08 Å². The molecule has 146 valence electrons. The van der Waals surface area contributed by atoms with Gasteiger partial charge in [-0.05, 0) is 48.6 Å². The molecule has 0 saturated carbocycles. The van der Waals surface area contributed by atoms with Crippen LogP contribution in [0.4, 0.5) is 10.7 Å². The molecule has 4 rings (SSSR count). The van der Waals surface area contributed by atoms with Crippen LogP contribution in [-0.2, 0) is 22.4 Å². The maximum absolute atomic E-state index is 12.6. The van der Waals surface area contributed by atoms with E-state index in [1.807, 2.05) is 30.3 Å². The second-order valence-corrected chi connectivity index (χ2v) is 8.09. The summed E-state index contributed by atoms with van der Waals surface area (Å²) in [5, 5.41) is 22.3. The number of benzene rings is 1. The van der Waals surface area contributed by atoms with Crippen molar-refractivity contribution in [3.05, 3.63) is 51.4 Å². The number of morpholine rings is 1. The molecule has 2 aromatic rings. The van der Waals surface area contributed by atoms with E-state index in [9.17, 15) is 15.3 Å². The number of nitrogens with zero attached hydrogens (tertiary/aromatic N) is 3. The molecule has 2 heterocycles. The Kier molecular flexibility index (Phi) is 5.62. The Balaban J connectivity index is 1.50. The highest BCUT2D eigenvalue weighted by molar-refractivity contribution is 7.16. The third kappa shape index (κ3) is 4.02. The molecular weight excluding hydrogens is 384 g/mol. The minimum absolute atomic E-state index is 0.0153. The molecule has 1 fully saturated rings. The van der Waals surface area contributed by atoms with Crippen molar-refractivity contribution in [2.45, 2.75) is 19.3 Å². The predicted octanol–water partition coefficient (Wildman–Crippen LogP) is 3.49. The molecule has 0 atom stereocenters. The Morgan fingerprint density at radius 2 is 1.93 bits per heavy atom. The number of carbonyl (C=O) groups excluding carboxylic acids is 1. The van der Waals surface area contributed by atoms with Gasteiger partial charge in [-0.15, -0.1) is 11.3 Å². The third-order valence-corrected chi connectivity index (χ3v) is 6.41. The Labute approximate surface area is 173 Å². The van der Waals surface area contributed by atoms with Gasteiger partial charge in [0.05, 0.1) is 18.8 Å². The zero-order valence-corrected chi connectivity index (χ0v) is 16.7. The van der Waals surface area contributed by atoms with Gasteiger partial charge in [-0.1, -0.05) is 12.1 Å². The van der Waals surface area contributed by atoms with Gasteiger partial charge in [-0.2, -0.15) is 10.5 Å². The lowest BCUT2D eigenvalue weighted by molar-refractivity contribution is -0.112. The first-order valence-electron chi connectivity index (χ1n) is 9.60. The van der Waals surface area contributed by atoms with Crippen LogP contribution in [-0.4, -0.2) is 32.2 Å². The van der Waals surface area contributed by atoms with Crippen LogP contribution in [0, 0.1) is 22.7 Å². The predicted molar refractivity (Wildman–Crippen MR) is 113 cm³/mol. The number of nitriles is 2. The van der Waals surface area contributed by atoms with Crippen molar-refractivity contribution in [3.63, 3.8) is 0 Å². The molecule has 6 nitrogen and oxygen atoms in total. The van der Waals surface area contributed by atoms with Gasteiger partial charge in [-0.25, -0.2) is 0 Å². The van der Waals surface area contributed by atoms with Crippen LogP contribution in [0.3, 0.4) is 0 Å². The first-order valence-corrected chi connectivity index (χ1v) is 10.4. The number of hydrogen-bond acceptors (Lipinski definition) is 6. The average molecular weight is 404 g/mol. The van der Waals surface area contributed by atoms with Crippen molar-refractivity contribution in [1.82, 2.24) is 0 Å². The number of hydrogen-bond donors (Lipinski definition) is 1. The fraction of sp³-hybridized carbons (Fsp3) is 0.318. The van der Waals surface area contributed by atoms with E-state index in [-0.39, 0.29) is 5.57 Å². The van der Waals surface area contributed by atoms with Crippen LogP contribution < -0.4 is 10.2 Å². The number of fused-ring (bicyclic) bond motifs is 1. The molecule has 0 spiro atoms. The minimum Gasteiger partial charge on any atom is -0.378 e. The summed E-state index contributed by atoms with van der Waals surface area (Å²) < 4.78 is 5.37. The van der Waals surface area contributed by atoms with Crippen molar-refractivity contribution < 1.29 is 9.53 Å². The lowest BCUT2D eigenvalue weighted by atomic mass is 10.1. The van der Waals surface area contributed by atoms with Gasteiger partial charge in [0.15, 0.2) is 0 Å². The van der Waals surface area contributed by atoms with E-state index in [2.05, 4.69) is 16.3 Å². The first-order chi connectivity index (χ1) is 14.2. The second-order valence-electron chi connectivity index (χ2n) is 6.99.